The maximum absolute atomic E-state index is 8.07. The molecule has 0 radical (unpaired) electrons. The summed E-state index contributed by atoms with van der Waals surface area (Å²) in [6.45, 7) is 30.8. The molecule has 0 bridgehead atoms. The van der Waals surface area contributed by atoms with E-state index in [0.717, 1.165) is 25.7 Å². The van der Waals surface area contributed by atoms with Crippen molar-refractivity contribution >= 4 is 13.6 Å². The molecule has 0 unspecified atom stereocenters. The summed E-state index contributed by atoms with van der Waals surface area (Å²) >= 11 is 0. The number of hydrogen-bond donors (Lipinski definition) is 4. The minimum Gasteiger partial charge on any atom is -0.396 e. The van der Waals surface area contributed by atoms with Crippen LogP contribution in [-0.4, -0.2) is 61.7 Å². The third-order valence-electron chi connectivity index (χ3n) is 1.02. The van der Waals surface area contributed by atoms with Crippen LogP contribution in [0.15, 0.2) is 26.3 Å². The van der Waals surface area contributed by atoms with Crippen LogP contribution in [0.4, 0.5) is 0 Å². The molecule has 0 amide bonds. The molecule has 11 heteroatoms. The van der Waals surface area contributed by atoms with E-state index in [1.165, 1.54) is 14.2 Å². The standard InChI is InChI=1S/2C4H10O.2C2H5.2C2H4.2CH4O2.2CH2O.14CH4.3U/c2*1-2-3-4-5;4*1-2;2*1-3-2;2*1-2;;;;;;;;;;;;;;;;;/h2*5H,2-4H2,1H3;2*1H2,2H3;2*1-2H2;2*2H,1H3;2*1H2;14*1H4;;;/q;;2*-1;;;;;;;;;;;;;;;;;;;;;;;. The summed E-state index contributed by atoms with van der Waals surface area (Å²) < 4.78 is 0. The van der Waals surface area contributed by atoms with E-state index in [-0.39, 0.29) is 197 Å². The fourth-order valence-corrected chi connectivity index (χ4v) is 0.316. The van der Waals surface area contributed by atoms with Crippen molar-refractivity contribution in [2.24, 2.45) is 0 Å². The van der Waals surface area contributed by atoms with Crippen molar-refractivity contribution < 1.29 is 133 Å². The molecule has 0 rings (SSSR count). The van der Waals surface area contributed by atoms with Crippen LogP contribution in [0.1, 0.15) is 157 Å². The summed E-state index contributed by atoms with van der Waals surface area (Å²) in [6, 6.07) is 0. The van der Waals surface area contributed by atoms with Gasteiger partial charge in [-0.05, 0) is 12.8 Å². The van der Waals surface area contributed by atoms with E-state index in [0.29, 0.717) is 13.2 Å². The van der Waals surface area contributed by atoms with E-state index >= 15 is 0 Å². The van der Waals surface area contributed by atoms with E-state index < -0.39 is 0 Å². The molecule has 0 aliphatic heterocycles. The number of hydrogen-bond acceptors (Lipinski definition) is 8. The summed E-state index contributed by atoms with van der Waals surface area (Å²) in [5.41, 5.74) is 0. The second-order valence-electron chi connectivity index (χ2n) is 2.52. The zero-order valence-corrected chi connectivity index (χ0v) is 33.3. The van der Waals surface area contributed by atoms with Gasteiger partial charge in [0.1, 0.15) is 13.6 Å². The van der Waals surface area contributed by atoms with Gasteiger partial charge < -0.3 is 33.6 Å². The quantitative estimate of drug-likeness (QED) is 0.0947. The minimum atomic E-state index is 0. The Bertz CT molecular complexity index is 111. The fourth-order valence-electron chi connectivity index (χ4n) is 0.316. The van der Waals surface area contributed by atoms with Gasteiger partial charge in [0.15, 0.2) is 0 Å². The normalized spacial score (nSPS) is 3.29. The molecule has 8 nitrogen and oxygen atoms in total. The average Bonchev–Trinajstić information content (AvgIpc) is 2.79. The van der Waals surface area contributed by atoms with Crippen molar-refractivity contribution in [2.45, 2.75) is 157 Å². The van der Waals surface area contributed by atoms with Crippen molar-refractivity contribution in [3.8, 4) is 0 Å². The van der Waals surface area contributed by atoms with Crippen LogP contribution in [0.5, 0.6) is 0 Å². The maximum Gasteiger partial charge on any atom is 0.106 e. The molecule has 4 N–H and O–H groups in total. The largest absolute Gasteiger partial charge is 0.396 e. The van der Waals surface area contributed by atoms with Gasteiger partial charge >= 0.3 is 0 Å². The predicted octanol–water partition coefficient (Wildman–Crippen LogP) is 13.6. The van der Waals surface area contributed by atoms with Crippen LogP contribution in [0, 0.1) is 107 Å². The third kappa shape index (κ3) is 2660. The molecule has 304 valence electrons. The van der Waals surface area contributed by atoms with Crippen LogP contribution < -0.4 is 0 Å². The molecule has 0 spiro atoms. The smallest absolute Gasteiger partial charge is 0.106 e. The molecule has 0 fully saturated rings. The van der Waals surface area contributed by atoms with E-state index in [1.54, 1.807) is 13.8 Å². The van der Waals surface area contributed by atoms with E-state index in [4.69, 9.17) is 30.3 Å². The van der Waals surface area contributed by atoms with Gasteiger partial charge in [-0.3, -0.25) is 10.5 Å². The van der Waals surface area contributed by atoms with Crippen LogP contribution >= 0.6 is 0 Å². The van der Waals surface area contributed by atoms with Gasteiger partial charge in [-0.15, -0.1) is 26.3 Å². The van der Waals surface area contributed by atoms with Gasteiger partial charge in [-0.1, -0.05) is 131 Å². The molecule has 0 aromatic heterocycles. The van der Waals surface area contributed by atoms with Gasteiger partial charge in [-0.2, -0.15) is 13.8 Å². The van der Waals surface area contributed by atoms with E-state index in [1.807, 2.05) is 13.6 Å². The van der Waals surface area contributed by atoms with Gasteiger partial charge in [0.2, 0.25) is 0 Å². The van der Waals surface area contributed by atoms with Crippen molar-refractivity contribution in [1.29, 1.82) is 0 Å². The molecule has 45 heavy (non-hydrogen) atoms. The molecule has 0 aromatic rings. The summed E-state index contributed by atoms with van der Waals surface area (Å²) in [5.74, 6) is 0. The maximum atomic E-state index is 8.07. The van der Waals surface area contributed by atoms with Gasteiger partial charge in [0.25, 0.3) is 0 Å². The Labute approximate surface area is 368 Å². The van der Waals surface area contributed by atoms with Crippen molar-refractivity contribution in [3.63, 3.8) is 0 Å². The van der Waals surface area contributed by atoms with Crippen molar-refractivity contribution in [1.82, 2.24) is 0 Å². The average molecular weight is 1360 g/mol. The SMILES string of the molecule is C.C.C.C.C.C.C.C.C.C.C.C.C.C.C=C.C=C.C=O.C=O.CCCCO.CCCCO.COO.COO.[CH2-]C.[CH2-]C.[U].[U].[U]. The number of rotatable bonds is 4. The van der Waals surface area contributed by atoms with E-state index in [9.17, 15) is 0 Å². The fraction of sp³-hybridized carbons (Fsp3) is 0.765. The molecule has 0 aliphatic rings. The Morgan fingerprint density at radius 1 is 0.444 bits per heavy atom. The zero-order chi connectivity index (χ0) is 25.7. The Hall–Kier alpha value is 1.74. The Morgan fingerprint density at radius 3 is 0.511 bits per heavy atom. The Morgan fingerprint density at radius 2 is 0.511 bits per heavy atom. The Kier molecular flexibility index (Phi) is 5390. The van der Waals surface area contributed by atoms with Gasteiger partial charge in [0.05, 0.1) is 14.2 Å². The molecule has 0 aliphatic carbocycles. The van der Waals surface area contributed by atoms with Crippen molar-refractivity contribution in [2.75, 3.05) is 27.4 Å². The van der Waals surface area contributed by atoms with Crippen molar-refractivity contribution in [3.05, 3.63) is 40.2 Å². The number of unbranched alkanes of at least 4 members (excludes halogenated alkanes) is 2. The second kappa shape index (κ2) is 966. The molecule has 0 saturated heterocycles. The third-order valence-corrected chi connectivity index (χ3v) is 1.02. The second-order valence-corrected chi connectivity index (χ2v) is 2.52. The monoisotopic (exact) mass is 1360 g/mol. The summed E-state index contributed by atoms with van der Waals surface area (Å²) in [7, 11) is 2.36. The van der Waals surface area contributed by atoms with Gasteiger partial charge in [-0.25, -0.2) is 9.78 Å². The first-order chi connectivity index (χ1) is 13.7. The van der Waals surface area contributed by atoms with Gasteiger partial charge in [0, 0.05) is 107 Å². The number of carbonyl (C=O) groups excluding carboxylic acids is 2. The van der Waals surface area contributed by atoms with Crippen LogP contribution in [0.2, 0.25) is 0 Å². The van der Waals surface area contributed by atoms with E-state index in [2.05, 4.69) is 63.8 Å². The molecular weight excluding hydrogens is 1250 g/mol. The zero-order valence-electron chi connectivity index (χ0n) is 20.8. The molecular formula is C34H106O8U3-2. The molecule has 0 heterocycles. The molecule has 0 saturated carbocycles. The van der Waals surface area contributed by atoms with Crippen LogP contribution in [0.3, 0.4) is 0 Å². The summed E-state index contributed by atoms with van der Waals surface area (Å²) in [5, 5.41) is 30.3. The Balaban J connectivity index is -0.00000000313. The van der Waals surface area contributed by atoms with Crippen LogP contribution in [-0.2, 0) is 19.4 Å². The minimum absolute atomic E-state index is 0. The predicted molar refractivity (Wildman–Crippen MR) is 216 cm³/mol. The number of carbonyl (C=O) groups is 2. The first kappa shape index (κ1) is 251. The molecule has 0 atom stereocenters. The first-order valence-corrected chi connectivity index (χ1v) is 8.22. The summed E-state index contributed by atoms with van der Waals surface area (Å²) in [6.07, 6.45) is 4.08. The number of aliphatic hydroxyl groups is 2. The number of aliphatic hydroxyl groups excluding tert-OH is 2. The topological polar surface area (TPSA) is 134 Å². The molecule has 0 aromatic carbocycles. The van der Waals surface area contributed by atoms with Crippen LogP contribution in [0.25, 0.3) is 0 Å². The first-order valence-electron chi connectivity index (χ1n) is 8.22. The summed E-state index contributed by atoms with van der Waals surface area (Å²) in [4.78, 5) is 22.5.